The lowest BCUT2D eigenvalue weighted by Gasteiger charge is -2.28. The van der Waals surface area contributed by atoms with Gasteiger partial charge in [-0.15, -0.1) is 11.3 Å². The molecule has 2 amide bonds. The van der Waals surface area contributed by atoms with Crippen molar-refractivity contribution in [1.82, 2.24) is 14.8 Å². The lowest BCUT2D eigenvalue weighted by Crippen LogP contribution is -2.40. The fourth-order valence-electron chi connectivity index (χ4n) is 4.53. The van der Waals surface area contributed by atoms with Gasteiger partial charge in [-0.1, -0.05) is 6.07 Å². The molecule has 5 rings (SSSR count). The summed E-state index contributed by atoms with van der Waals surface area (Å²) in [6.45, 7) is 6.08. The Morgan fingerprint density at radius 2 is 1.87 bits per heavy atom. The maximum Gasteiger partial charge on any atom is 0.322 e. The van der Waals surface area contributed by atoms with Crippen LogP contribution in [0.4, 0.5) is 16.2 Å². The normalized spacial score (nSPS) is 15.1. The van der Waals surface area contributed by atoms with Crippen molar-refractivity contribution < 1.29 is 23.8 Å². The van der Waals surface area contributed by atoms with E-state index in [-0.39, 0.29) is 18.2 Å². The SMILES string of the molecule is Nc1cscc1CC(=O)c1ccc(CN(CCCN2CCOCC2)C(=O)Nc2ccc3c(c2)OCCO3)cn1. The summed E-state index contributed by atoms with van der Waals surface area (Å²) in [5, 5.41) is 6.70. The largest absolute Gasteiger partial charge is 0.486 e. The monoisotopic (exact) mass is 551 g/mol. The molecule has 0 aliphatic carbocycles. The zero-order valence-corrected chi connectivity index (χ0v) is 22.6. The number of thiophene rings is 1. The van der Waals surface area contributed by atoms with Crippen LogP contribution in [0.2, 0.25) is 0 Å². The molecule has 39 heavy (non-hydrogen) atoms. The first kappa shape index (κ1) is 26.9. The third kappa shape index (κ3) is 7.25. The fraction of sp³-hybridized carbons (Fsp3) is 0.393. The van der Waals surface area contributed by atoms with Gasteiger partial charge in [0.1, 0.15) is 18.9 Å². The topological polar surface area (TPSA) is 119 Å². The van der Waals surface area contributed by atoms with Crippen LogP contribution in [0.3, 0.4) is 0 Å². The van der Waals surface area contributed by atoms with Crippen molar-refractivity contribution in [3.05, 3.63) is 64.1 Å². The molecule has 0 radical (unpaired) electrons. The number of aromatic nitrogens is 1. The number of fused-ring (bicyclic) bond motifs is 1. The van der Waals surface area contributed by atoms with E-state index in [2.05, 4.69) is 15.2 Å². The number of hydrogen-bond acceptors (Lipinski definition) is 9. The first-order valence-corrected chi connectivity index (χ1v) is 14.0. The van der Waals surface area contributed by atoms with Gasteiger partial charge in [-0.3, -0.25) is 14.7 Å². The molecule has 4 heterocycles. The van der Waals surface area contributed by atoms with Crippen LogP contribution < -0.4 is 20.5 Å². The molecule has 206 valence electrons. The van der Waals surface area contributed by atoms with Crippen LogP contribution in [-0.2, 0) is 17.7 Å². The highest BCUT2D eigenvalue weighted by atomic mass is 32.1. The van der Waals surface area contributed by atoms with Gasteiger partial charge in [0.2, 0.25) is 0 Å². The van der Waals surface area contributed by atoms with Gasteiger partial charge < -0.3 is 30.2 Å². The maximum atomic E-state index is 13.4. The Morgan fingerprint density at radius 3 is 2.62 bits per heavy atom. The lowest BCUT2D eigenvalue weighted by atomic mass is 10.1. The number of amides is 2. The second kappa shape index (κ2) is 12.9. The van der Waals surface area contributed by atoms with Crippen LogP contribution in [0.25, 0.3) is 0 Å². The summed E-state index contributed by atoms with van der Waals surface area (Å²) in [4.78, 5) is 34.6. The Kier molecular flexibility index (Phi) is 8.92. The third-order valence-corrected chi connectivity index (χ3v) is 7.51. The summed E-state index contributed by atoms with van der Waals surface area (Å²) >= 11 is 1.47. The smallest absolute Gasteiger partial charge is 0.322 e. The molecule has 0 atom stereocenters. The molecule has 0 unspecified atom stereocenters. The molecule has 3 aromatic rings. The molecule has 1 saturated heterocycles. The third-order valence-electron chi connectivity index (χ3n) is 6.70. The van der Waals surface area contributed by atoms with Crippen LogP contribution in [0.15, 0.2) is 47.3 Å². The van der Waals surface area contributed by atoms with Crippen molar-refractivity contribution in [1.29, 1.82) is 0 Å². The van der Waals surface area contributed by atoms with Crippen molar-refractivity contribution in [2.24, 2.45) is 0 Å². The van der Waals surface area contributed by atoms with Gasteiger partial charge in [-0.05, 0) is 41.1 Å². The number of benzene rings is 1. The predicted octanol–water partition coefficient (Wildman–Crippen LogP) is 3.68. The van der Waals surface area contributed by atoms with E-state index in [1.54, 1.807) is 35.4 Å². The first-order valence-electron chi connectivity index (χ1n) is 13.1. The predicted molar refractivity (Wildman–Crippen MR) is 150 cm³/mol. The number of carbonyl (C=O) groups excluding carboxylic acids is 2. The summed E-state index contributed by atoms with van der Waals surface area (Å²) in [5.41, 5.74) is 9.22. The summed E-state index contributed by atoms with van der Waals surface area (Å²) in [6, 6.07) is 8.73. The number of urea groups is 1. The van der Waals surface area contributed by atoms with E-state index < -0.39 is 0 Å². The number of rotatable bonds is 10. The molecule has 3 N–H and O–H groups in total. The Balaban J connectivity index is 1.24. The van der Waals surface area contributed by atoms with Crippen LogP contribution >= 0.6 is 11.3 Å². The number of carbonyl (C=O) groups is 2. The number of nitrogens with two attached hydrogens (primary N) is 1. The van der Waals surface area contributed by atoms with Crippen LogP contribution in [0.5, 0.6) is 11.5 Å². The van der Waals surface area contributed by atoms with Gasteiger partial charge in [0.05, 0.1) is 13.2 Å². The second-order valence-corrected chi connectivity index (χ2v) is 10.3. The summed E-state index contributed by atoms with van der Waals surface area (Å²) < 4.78 is 16.7. The maximum absolute atomic E-state index is 13.4. The van der Waals surface area contributed by atoms with E-state index in [1.165, 1.54) is 11.3 Å². The van der Waals surface area contributed by atoms with Gasteiger partial charge in [0, 0.05) is 68.2 Å². The van der Waals surface area contributed by atoms with Gasteiger partial charge in [-0.2, -0.15) is 0 Å². The summed E-state index contributed by atoms with van der Waals surface area (Å²) in [6.07, 6.45) is 2.70. The quantitative estimate of drug-likeness (QED) is 0.367. The van der Waals surface area contributed by atoms with E-state index in [9.17, 15) is 9.59 Å². The molecule has 0 bridgehead atoms. The molecule has 0 spiro atoms. The highest BCUT2D eigenvalue weighted by Crippen LogP contribution is 2.32. The number of nitrogens with zero attached hydrogens (tertiary/aromatic N) is 3. The van der Waals surface area contributed by atoms with Crippen molar-refractivity contribution in [2.75, 3.05) is 63.7 Å². The minimum absolute atomic E-state index is 0.0923. The van der Waals surface area contributed by atoms with Gasteiger partial charge in [0.25, 0.3) is 0 Å². The fourth-order valence-corrected chi connectivity index (χ4v) is 5.28. The number of ether oxygens (including phenoxy) is 3. The zero-order chi connectivity index (χ0) is 27.0. The molecular formula is C28H33N5O5S. The number of nitrogen functional groups attached to an aromatic ring is 1. The van der Waals surface area contributed by atoms with Gasteiger partial charge >= 0.3 is 6.03 Å². The second-order valence-electron chi connectivity index (χ2n) is 9.52. The van der Waals surface area contributed by atoms with E-state index >= 15 is 0 Å². The summed E-state index contributed by atoms with van der Waals surface area (Å²) in [7, 11) is 0. The first-order chi connectivity index (χ1) is 19.0. The Bertz CT molecular complexity index is 1280. The van der Waals surface area contributed by atoms with E-state index in [0.717, 1.165) is 50.4 Å². The number of morpholine rings is 1. The lowest BCUT2D eigenvalue weighted by molar-refractivity contribution is 0.0365. The Morgan fingerprint density at radius 1 is 1.05 bits per heavy atom. The zero-order valence-electron chi connectivity index (χ0n) is 21.8. The molecule has 10 nitrogen and oxygen atoms in total. The minimum Gasteiger partial charge on any atom is -0.486 e. The number of pyridine rings is 1. The highest BCUT2D eigenvalue weighted by Gasteiger charge is 2.19. The minimum atomic E-state index is -0.221. The van der Waals surface area contributed by atoms with Crippen LogP contribution in [0, 0.1) is 0 Å². The van der Waals surface area contributed by atoms with E-state index in [1.807, 2.05) is 16.8 Å². The molecule has 1 fully saturated rings. The highest BCUT2D eigenvalue weighted by molar-refractivity contribution is 7.08. The van der Waals surface area contributed by atoms with Crippen LogP contribution in [0.1, 0.15) is 28.0 Å². The van der Waals surface area contributed by atoms with Gasteiger partial charge in [-0.25, -0.2) is 4.79 Å². The average molecular weight is 552 g/mol. The number of hydrogen-bond donors (Lipinski definition) is 2. The number of ketones is 1. The van der Waals surface area contributed by atoms with Crippen molar-refractivity contribution in [2.45, 2.75) is 19.4 Å². The average Bonchev–Trinajstić information content (AvgIpc) is 3.37. The molecule has 0 saturated carbocycles. The Labute approximate surface area is 231 Å². The molecule has 2 aliphatic rings. The van der Waals surface area contributed by atoms with Crippen LogP contribution in [-0.4, -0.2) is 79.2 Å². The standard InChI is InChI=1S/C28H33N5O5S/c29-23-19-39-18-21(23)14-25(34)24-4-2-20(16-30-24)17-33(7-1-6-32-8-10-36-11-9-32)28(35)31-22-3-5-26-27(15-22)38-13-12-37-26/h2-5,15-16,18-19H,1,6-14,17,29H2,(H,31,35). The van der Waals surface area contributed by atoms with E-state index in [4.69, 9.17) is 19.9 Å². The molecular weight excluding hydrogens is 518 g/mol. The molecule has 2 aliphatic heterocycles. The number of anilines is 2. The number of nitrogens with one attached hydrogen (secondary N) is 1. The van der Waals surface area contributed by atoms with Gasteiger partial charge in [0.15, 0.2) is 17.3 Å². The van der Waals surface area contributed by atoms with Crippen molar-refractivity contribution >= 4 is 34.5 Å². The Hall–Kier alpha value is -3.67. The number of Topliss-reactive ketones (excluding diaryl/α,β-unsaturated/α-hetero) is 1. The molecule has 1 aromatic carbocycles. The van der Waals surface area contributed by atoms with Crippen molar-refractivity contribution in [3.63, 3.8) is 0 Å². The molecule has 2 aromatic heterocycles. The van der Waals surface area contributed by atoms with E-state index in [0.29, 0.717) is 54.9 Å². The molecule has 11 heteroatoms. The summed E-state index contributed by atoms with van der Waals surface area (Å²) in [5.74, 6) is 1.20. The van der Waals surface area contributed by atoms with Crippen molar-refractivity contribution in [3.8, 4) is 11.5 Å².